The van der Waals surface area contributed by atoms with Crippen molar-refractivity contribution in [2.24, 2.45) is 0 Å². The van der Waals surface area contributed by atoms with Gasteiger partial charge in [0.1, 0.15) is 0 Å². The van der Waals surface area contributed by atoms with Gasteiger partial charge in [0.25, 0.3) is 0 Å². The van der Waals surface area contributed by atoms with Crippen molar-refractivity contribution in [1.82, 2.24) is 0 Å². The summed E-state index contributed by atoms with van der Waals surface area (Å²) >= 11 is 5.92. The van der Waals surface area contributed by atoms with E-state index in [1.54, 1.807) is 23.5 Å². The van der Waals surface area contributed by atoms with Crippen molar-refractivity contribution >= 4 is 46.6 Å². The summed E-state index contributed by atoms with van der Waals surface area (Å²) in [6, 6.07) is 3.48. The van der Waals surface area contributed by atoms with Gasteiger partial charge in [0.15, 0.2) is 0 Å². The van der Waals surface area contributed by atoms with Gasteiger partial charge in [-0.3, -0.25) is 0 Å². The third-order valence-electron chi connectivity index (χ3n) is 2.16. The molecule has 2 rings (SSSR count). The van der Waals surface area contributed by atoms with Gasteiger partial charge in [-0.2, -0.15) is 0 Å². The zero-order valence-electron chi connectivity index (χ0n) is 7.56. The average Bonchev–Trinajstić information content (AvgIpc) is 2.48. The predicted octanol–water partition coefficient (Wildman–Crippen LogP) is 1.18. The lowest BCUT2D eigenvalue weighted by molar-refractivity contribution is 0.426. The summed E-state index contributed by atoms with van der Waals surface area (Å²) in [5.74, 6) is 0. The van der Waals surface area contributed by atoms with Crippen molar-refractivity contribution in [2.75, 3.05) is 0 Å². The molecule has 0 amide bonds. The average molecular weight is 224 g/mol. The summed E-state index contributed by atoms with van der Waals surface area (Å²) < 4.78 is 1.04. The van der Waals surface area contributed by atoms with Gasteiger partial charge < -0.3 is 10.0 Å². The molecule has 0 saturated carbocycles. The summed E-state index contributed by atoms with van der Waals surface area (Å²) in [7, 11) is -1.42. The van der Waals surface area contributed by atoms with Crippen LogP contribution in [-0.4, -0.2) is 17.2 Å². The first kappa shape index (κ1) is 10.0. The van der Waals surface area contributed by atoms with E-state index in [-0.39, 0.29) is 0 Å². The minimum atomic E-state index is -1.42. The first-order valence-corrected chi connectivity index (χ1v) is 5.49. The van der Waals surface area contributed by atoms with E-state index in [0.717, 1.165) is 15.0 Å². The summed E-state index contributed by atoms with van der Waals surface area (Å²) in [5.41, 5.74) is 1.67. The molecule has 0 bridgehead atoms. The van der Waals surface area contributed by atoms with Crippen LogP contribution >= 0.6 is 24.0 Å². The van der Waals surface area contributed by atoms with E-state index >= 15 is 0 Å². The molecule has 0 radical (unpaired) electrons. The molecule has 0 aliphatic heterocycles. The van der Waals surface area contributed by atoms with Crippen LogP contribution in [0.4, 0.5) is 0 Å². The molecule has 2 N–H and O–H groups in total. The van der Waals surface area contributed by atoms with Crippen molar-refractivity contribution in [3.63, 3.8) is 0 Å². The molecule has 1 aromatic heterocycles. The fourth-order valence-electron chi connectivity index (χ4n) is 1.47. The van der Waals surface area contributed by atoms with Crippen LogP contribution in [0.5, 0.6) is 0 Å². The molecule has 0 spiro atoms. The Morgan fingerprint density at radius 3 is 2.71 bits per heavy atom. The minimum Gasteiger partial charge on any atom is -0.423 e. The Kier molecular flexibility index (Phi) is 2.57. The third kappa shape index (κ3) is 1.57. The first-order chi connectivity index (χ1) is 6.59. The molecular weight excluding hydrogens is 215 g/mol. The number of rotatable bonds is 1. The molecule has 1 heterocycles. The molecule has 0 unspecified atom stereocenters. The molecule has 0 aliphatic carbocycles. The summed E-state index contributed by atoms with van der Waals surface area (Å²) in [6.07, 6.45) is 0. The van der Waals surface area contributed by atoms with E-state index in [0.29, 0.717) is 5.46 Å². The quantitative estimate of drug-likeness (QED) is 0.502. The Labute approximate surface area is 91.8 Å². The topological polar surface area (TPSA) is 40.5 Å². The largest absolute Gasteiger partial charge is 0.488 e. The number of fused-ring (bicyclic) bond motifs is 1. The SMILES string of the molecule is Cc1csc2cc(B(O)O)cc(S)c12. The maximum absolute atomic E-state index is 9.04. The van der Waals surface area contributed by atoms with Gasteiger partial charge in [-0.1, -0.05) is 0 Å². The van der Waals surface area contributed by atoms with Gasteiger partial charge in [0.05, 0.1) is 0 Å². The number of benzene rings is 1. The number of thiophene rings is 1. The fourth-order valence-corrected chi connectivity index (χ4v) is 3.01. The van der Waals surface area contributed by atoms with E-state index in [1.807, 2.05) is 12.3 Å². The molecule has 2 aromatic rings. The van der Waals surface area contributed by atoms with E-state index < -0.39 is 7.12 Å². The normalized spacial score (nSPS) is 10.9. The van der Waals surface area contributed by atoms with E-state index in [4.69, 9.17) is 10.0 Å². The van der Waals surface area contributed by atoms with E-state index in [2.05, 4.69) is 12.6 Å². The van der Waals surface area contributed by atoms with Crippen LogP contribution in [0.1, 0.15) is 5.56 Å². The van der Waals surface area contributed by atoms with Gasteiger partial charge in [-0.05, 0) is 35.5 Å². The van der Waals surface area contributed by atoms with E-state index in [9.17, 15) is 0 Å². The Balaban J connectivity index is 2.74. The number of thiol groups is 1. The predicted molar refractivity (Wildman–Crippen MR) is 63.6 cm³/mol. The van der Waals surface area contributed by atoms with Crippen LogP contribution in [0.2, 0.25) is 0 Å². The van der Waals surface area contributed by atoms with Crippen molar-refractivity contribution in [2.45, 2.75) is 11.8 Å². The van der Waals surface area contributed by atoms with Crippen LogP contribution in [0.25, 0.3) is 10.1 Å². The number of hydrogen-bond acceptors (Lipinski definition) is 4. The number of aryl methyl sites for hydroxylation is 1. The highest BCUT2D eigenvalue weighted by Crippen LogP contribution is 2.29. The van der Waals surface area contributed by atoms with Crippen molar-refractivity contribution in [1.29, 1.82) is 0 Å². The molecule has 5 heteroatoms. The molecule has 2 nitrogen and oxygen atoms in total. The lowest BCUT2D eigenvalue weighted by Crippen LogP contribution is -2.29. The second kappa shape index (κ2) is 3.58. The molecule has 0 aliphatic rings. The molecule has 1 aromatic carbocycles. The zero-order valence-corrected chi connectivity index (χ0v) is 9.27. The Morgan fingerprint density at radius 2 is 2.07 bits per heavy atom. The van der Waals surface area contributed by atoms with E-state index in [1.165, 1.54) is 5.56 Å². The monoisotopic (exact) mass is 224 g/mol. The summed E-state index contributed by atoms with van der Waals surface area (Å²) in [6.45, 7) is 2.02. The third-order valence-corrected chi connectivity index (χ3v) is 3.56. The fraction of sp³-hybridized carbons (Fsp3) is 0.111. The van der Waals surface area contributed by atoms with Crippen LogP contribution in [-0.2, 0) is 0 Å². The summed E-state index contributed by atoms with van der Waals surface area (Å²) in [5, 5.41) is 21.2. The Bertz CT molecular complexity index is 479. The summed E-state index contributed by atoms with van der Waals surface area (Å²) in [4.78, 5) is 0.796. The number of hydrogen-bond donors (Lipinski definition) is 3. The van der Waals surface area contributed by atoms with Crippen LogP contribution in [0.3, 0.4) is 0 Å². The first-order valence-electron chi connectivity index (χ1n) is 4.16. The van der Waals surface area contributed by atoms with Crippen molar-refractivity contribution in [3.05, 3.63) is 23.1 Å². The second-order valence-corrected chi connectivity index (χ2v) is 4.60. The van der Waals surface area contributed by atoms with Gasteiger partial charge in [0.2, 0.25) is 0 Å². The maximum atomic E-state index is 9.04. The van der Waals surface area contributed by atoms with Gasteiger partial charge in [-0.15, -0.1) is 24.0 Å². The van der Waals surface area contributed by atoms with Gasteiger partial charge >= 0.3 is 7.12 Å². The molecule has 14 heavy (non-hydrogen) atoms. The van der Waals surface area contributed by atoms with Gasteiger partial charge in [0, 0.05) is 15.0 Å². The highest BCUT2D eigenvalue weighted by molar-refractivity contribution is 7.80. The Morgan fingerprint density at radius 1 is 1.36 bits per heavy atom. The molecule has 0 fully saturated rings. The molecular formula is C9H9BO2S2. The standard InChI is InChI=1S/C9H9BO2S2/c1-5-4-14-8-3-6(10(11)12)2-7(13)9(5)8/h2-4,11-13H,1H3. The van der Waals surface area contributed by atoms with Crippen LogP contribution in [0.15, 0.2) is 22.4 Å². The van der Waals surface area contributed by atoms with Crippen molar-refractivity contribution < 1.29 is 10.0 Å². The lowest BCUT2D eigenvalue weighted by atomic mass is 9.80. The zero-order chi connectivity index (χ0) is 10.3. The second-order valence-electron chi connectivity index (χ2n) is 3.21. The molecule has 0 atom stereocenters. The van der Waals surface area contributed by atoms with Gasteiger partial charge in [-0.25, -0.2) is 0 Å². The lowest BCUT2D eigenvalue weighted by Gasteiger charge is -2.02. The van der Waals surface area contributed by atoms with Crippen LogP contribution < -0.4 is 5.46 Å². The molecule has 72 valence electrons. The minimum absolute atomic E-state index is 0.490. The van der Waals surface area contributed by atoms with Crippen molar-refractivity contribution in [3.8, 4) is 0 Å². The Hall–Kier alpha value is -0.485. The highest BCUT2D eigenvalue weighted by atomic mass is 32.1. The highest BCUT2D eigenvalue weighted by Gasteiger charge is 2.14. The smallest absolute Gasteiger partial charge is 0.423 e. The van der Waals surface area contributed by atoms with Crippen LogP contribution in [0, 0.1) is 6.92 Å². The molecule has 0 saturated heterocycles. The maximum Gasteiger partial charge on any atom is 0.488 e.